The van der Waals surface area contributed by atoms with Gasteiger partial charge in [-0.3, -0.25) is 4.79 Å². The molecular weight excluding hydrogens is 278 g/mol. The van der Waals surface area contributed by atoms with E-state index in [9.17, 15) is 4.79 Å². The normalized spacial score (nSPS) is 22.7. The minimum absolute atomic E-state index is 0.0445. The Bertz CT molecular complexity index is 509. The fourth-order valence-corrected chi connectivity index (χ4v) is 3.50. The van der Waals surface area contributed by atoms with E-state index in [1.165, 1.54) is 12.7 Å². The van der Waals surface area contributed by atoms with Gasteiger partial charge in [0.15, 0.2) is 0 Å². The number of ether oxygens (including phenoxy) is 2. The van der Waals surface area contributed by atoms with Crippen molar-refractivity contribution in [3.63, 3.8) is 0 Å². The minimum atomic E-state index is -0.0445. The van der Waals surface area contributed by atoms with Crippen LogP contribution in [0.15, 0.2) is 24.3 Å². The van der Waals surface area contributed by atoms with Crippen molar-refractivity contribution in [3.8, 4) is 5.75 Å². The molecule has 120 valence electrons. The van der Waals surface area contributed by atoms with Crippen LogP contribution in [0.3, 0.4) is 0 Å². The molecule has 1 fully saturated rings. The molecule has 2 heterocycles. The number of nitrogens with zero attached hydrogens (tertiary/aromatic N) is 1. The lowest BCUT2D eigenvalue weighted by molar-refractivity contribution is -0.147. The first kappa shape index (κ1) is 15.3. The number of carbonyl (C=O) groups excluding carboxylic acids is 1. The van der Waals surface area contributed by atoms with Gasteiger partial charge in [-0.2, -0.15) is 0 Å². The fraction of sp³-hybridized carbons (Fsp3) is 0.611. The predicted octanol–water partition coefficient (Wildman–Crippen LogP) is 2.51. The van der Waals surface area contributed by atoms with E-state index < -0.39 is 0 Å². The molecule has 1 aromatic carbocycles. The maximum absolute atomic E-state index is 11.5. The lowest BCUT2D eigenvalue weighted by Gasteiger charge is -2.32. The molecule has 0 spiro atoms. The number of fused-ring (bicyclic) bond motifs is 1. The molecule has 1 aromatic rings. The number of piperidine rings is 1. The lowest BCUT2D eigenvalue weighted by Crippen LogP contribution is -2.38. The molecule has 0 amide bonds. The van der Waals surface area contributed by atoms with Gasteiger partial charge in [-0.1, -0.05) is 18.2 Å². The fourth-order valence-electron chi connectivity index (χ4n) is 3.50. The third-order valence-corrected chi connectivity index (χ3v) is 4.93. The maximum atomic E-state index is 11.5. The van der Waals surface area contributed by atoms with Crippen LogP contribution in [-0.4, -0.2) is 44.2 Å². The van der Waals surface area contributed by atoms with Crippen molar-refractivity contribution in [3.05, 3.63) is 29.8 Å². The van der Waals surface area contributed by atoms with Crippen LogP contribution in [0.2, 0.25) is 0 Å². The molecule has 0 N–H and O–H groups in total. The molecule has 2 aliphatic heterocycles. The maximum Gasteiger partial charge on any atom is 0.308 e. The Balaban J connectivity index is 1.42. The number of hydrogen-bond acceptors (Lipinski definition) is 4. The number of para-hydroxylation sites is 1. The number of methoxy groups -OCH3 is 1. The molecule has 0 radical (unpaired) electrons. The third-order valence-electron chi connectivity index (χ3n) is 4.93. The van der Waals surface area contributed by atoms with Gasteiger partial charge in [0.25, 0.3) is 0 Å². The molecule has 0 bridgehead atoms. The lowest BCUT2D eigenvalue weighted by atomic mass is 9.92. The molecule has 0 aromatic heterocycles. The van der Waals surface area contributed by atoms with Crippen molar-refractivity contribution in [2.45, 2.75) is 25.7 Å². The van der Waals surface area contributed by atoms with Gasteiger partial charge in [0.2, 0.25) is 0 Å². The summed E-state index contributed by atoms with van der Waals surface area (Å²) in [5.41, 5.74) is 1.34. The third kappa shape index (κ3) is 3.61. The second-order valence-corrected chi connectivity index (χ2v) is 6.42. The average Bonchev–Trinajstić information content (AvgIpc) is 2.59. The SMILES string of the molecule is COC(=O)C1CCN(CCC2COc3ccccc3C2)CC1. The number of rotatable bonds is 4. The van der Waals surface area contributed by atoms with Crippen LogP contribution in [-0.2, 0) is 16.0 Å². The smallest absolute Gasteiger partial charge is 0.308 e. The molecule has 1 saturated heterocycles. The highest BCUT2D eigenvalue weighted by atomic mass is 16.5. The van der Waals surface area contributed by atoms with Gasteiger partial charge < -0.3 is 14.4 Å². The summed E-state index contributed by atoms with van der Waals surface area (Å²) in [6.07, 6.45) is 4.14. The molecule has 3 rings (SSSR count). The van der Waals surface area contributed by atoms with Crippen LogP contribution in [0.4, 0.5) is 0 Å². The molecule has 4 heteroatoms. The summed E-state index contributed by atoms with van der Waals surface area (Å²) in [4.78, 5) is 14.0. The Morgan fingerprint density at radius 3 is 2.86 bits per heavy atom. The quantitative estimate of drug-likeness (QED) is 0.801. The molecule has 0 aliphatic carbocycles. The van der Waals surface area contributed by atoms with Crippen LogP contribution < -0.4 is 4.74 Å². The van der Waals surface area contributed by atoms with E-state index in [4.69, 9.17) is 9.47 Å². The van der Waals surface area contributed by atoms with Crippen molar-refractivity contribution in [2.24, 2.45) is 11.8 Å². The van der Waals surface area contributed by atoms with Crippen LogP contribution in [0, 0.1) is 11.8 Å². The van der Waals surface area contributed by atoms with E-state index in [1.807, 2.05) is 6.07 Å². The average molecular weight is 303 g/mol. The van der Waals surface area contributed by atoms with Crippen molar-refractivity contribution in [2.75, 3.05) is 33.4 Å². The van der Waals surface area contributed by atoms with Crippen molar-refractivity contribution in [1.29, 1.82) is 0 Å². The zero-order valence-electron chi connectivity index (χ0n) is 13.3. The summed E-state index contributed by atoms with van der Waals surface area (Å²) < 4.78 is 10.7. The summed E-state index contributed by atoms with van der Waals surface area (Å²) in [6.45, 7) is 3.94. The van der Waals surface area contributed by atoms with E-state index in [-0.39, 0.29) is 11.9 Å². The summed E-state index contributed by atoms with van der Waals surface area (Å²) in [6, 6.07) is 8.35. The first-order valence-electron chi connectivity index (χ1n) is 8.27. The van der Waals surface area contributed by atoms with E-state index in [1.54, 1.807) is 0 Å². The number of esters is 1. The number of hydrogen-bond donors (Lipinski definition) is 0. The van der Waals surface area contributed by atoms with Crippen LogP contribution in [0.5, 0.6) is 5.75 Å². The Kier molecular flexibility index (Phi) is 4.98. The monoisotopic (exact) mass is 303 g/mol. The standard InChI is InChI=1S/C18H25NO3/c1-21-18(20)15-7-10-19(11-8-15)9-6-14-12-16-4-2-3-5-17(16)22-13-14/h2-5,14-15H,6-13H2,1H3. The summed E-state index contributed by atoms with van der Waals surface area (Å²) in [5.74, 6) is 1.72. The molecule has 0 saturated carbocycles. The summed E-state index contributed by atoms with van der Waals surface area (Å²) >= 11 is 0. The molecule has 2 aliphatic rings. The van der Waals surface area contributed by atoms with Crippen LogP contribution >= 0.6 is 0 Å². The Hall–Kier alpha value is -1.55. The number of likely N-dealkylation sites (tertiary alicyclic amines) is 1. The largest absolute Gasteiger partial charge is 0.493 e. The van der Waals surface area contributed by atoms with Gasteiger partial charge in [-0.15, -0.1) is 0 Å². The van der Waals surface area contributed by atoms with Crippen molar-refractivity contribution in [1.82, 2.24) is 4.90 Å². The van der Waals surface area contributed by atoms with Crippen LogP contribution in [0.1, 0.15) is 24.8 Å². The highest BCUT2D eigenvalue weighted by molar-refractivity contribution is 5.72. The predicted molar refractivity (Wildman–Crippen MR) is 84.9 cm³/mol. The van der Waals surface area contributed by atoms with E-state index in [2.05, 4.69) is 23.1 Å². The molecular formula is C18H25NO3. The molecule has 1 unspecified atom stereocenters. The van der Waals surface area contributed by atoms with Gasteiger partial charge in [0, 0.05) is 0 Å². The van der Waals surface area contributed by atoms with Gasteiger partial charge in [0.1, 0.15) is 5.75 Å². The Morgan fingerprint density at radius 1 is 1.32 bits per heavy atom. The van der Waals surface area contributed by atoms with Gasteiger partial charge in [-0.05, 0) is 62.9 Å². The minimum Gasteiger partial charge on any atom is -0.493 e. The second-order valence-electron chi connectivity index (χ2n) is 6.42. The summed E-state index contributed by atoms with van der Waals surface area (Å²) in [7, 11) is 1.48. The topological polar surface area (TPSA) is 38.8 Å². The molecule has 22 heavy (non-hydrogen) atoms. The van der Waals surface area contributed by atoms with Crippen molar-refractivity contribution >= 4 is 5.97 Å². The highest BCUT2D eigenvalue weighted by Crippen LogP contribution is 2.28. The zero-order chi connectivity index (χ0) is 15.4. The Morgan fingerprint density at radius 2 is 2.09 bits per heavy atom. The summed E-state index contributed by atoms with van der Waals surface area (Å²) in [5, 5.41) is 0. The van der Waals surface area contributed by atoms with Gasteiger partial charge in [-0.25, -0.2) is 0 Å². The highest BCUT2D eigenvalue weighted by Gasteiger charge is 2.26. The number of benzene rings is 1. The molecule has 1 atom stereocenters. The van der Waals surface area contributed by atoms with E-state index >= 15 is 0 Å². The van der Waals surface area contributed by atoms with Gasteiger partial charge in [0.05, 0.1) is 19.6 Å². The van der Waals surface area contributed by atoms with Crippen molar-refractivity contribution < 1.29 is 14.3 Å². The van der Waals surface area contributed by atoms with E-state index in [0.29, 0.717) is 5.92 Å². The zero-order valence-corrected chi connectivity index (χ0v) is 13.3. The first-order valence-corrected chi connectivity index (χ1v) is 8.27. The Labute approximate surface area is 132 Å². The van der Waals surface area contributed by atoms with Gasteiger partial charge >= 0.3 is 5.97 Å². The number of carbonyl (C=O) groups is 1. The second kappa shape index (κ2) is 7.14. The first-order chi connectivity index (χ1) is 10.8. The van der Waals surface area contributed by atoms with E-state index in [0.717, 1.165) is 57.7 Å². The van der Waals surface area contributed by atoms with Crippen LogP contribution in [0.25, 0.3) is 0 Å². The molecule has 4 nitrogen and oxygen atoms in total.